The summed E-state index contributed by atoms with van der Waals surface area (Å²) in [5.41, 5.74) is 11.1. The highest BCUT2D eigenvalue weighted by molar-refractivity contribution is 5.77. The Morgan fingerprint density at radius 2 is 2.06 bits per heavy atom. The number of benzene rings is 1. The maximum absolute atomic E-state index is 12.0. The third kappa shape index (κ3) is 4.77. The molecule has 0 aromatic heterocycles. The molecule has 7 heteroatoms. The molecular formula is C11H11F3N2O2. The van der Waals surface area contributed by atoms with Crippen molar-refractivity contribution in [1.29, 1.82) is 0 Å². The fourth-order valence-electron chi connectivity index (χ4n) is 1.20. The van der Waals surface area contributed by atoms with Crippen LogP contribution in [0.25, 0.3) is 6.08 Å². The van der Waals surface area contributed by atoms with Crippen molar-refractivity contribution in [3.05, 3.63) is 29.8 Å². The molecular weight excluding hydrogens is 249 g/mol. The smallest absolute Gasteiger partial charge is 0.406 e. The summed E-state index contributed by atoms with van der Waals surface area (Å²) in [6.07, 6.45) is -1.97. The Labute approximate surface area is 101 Å². The average molecular weight is 260 g/mol. The molecule has 0 unspecified atom stereocenters. The summed E-state index contributed by atoms with van der Waals surface area (Å²) in [5, 5.41) is 0. The lowest BCUT2D eigenvalue weighted by Gasteiger charge is -2.10. The number of anilines is 1. The first-order chi connectivity index (χ1) is 8.28. The quantitative estimate of drug-likeness (QED) is 0.813. The number of amides is 1. The minimum Gasteiger partial charge on any atom is -0.406 e. The van der Waals surface area contributed by atoms with Gasteiger partial charge < -0.3 is 16.2 Å². The molecule has 0 spiro atoms. The lowest BCUT2D eigenvalue weighted by Crippen LogP contribution is -2.17. The SMILES string of the molecule is NC(=O)CC=Cc1cc(OC(F)(F)F)ccc1N. The first kappa shape index (κ1) is 13.9. The molecule has 0 radical (unpaired) electrons. The van der Waals surface area contributed by atoms with Gasteiger partial charge in [-0.15, -0.1) is 13.2 Å². The van der Waals surface area contributed by atoms with Crippen LogP contribution in [-0.4, -0.2) is 12.3 Å². The summed E-state index contributed by atoms with van der Waals surface area (Å²) in [4.78, 5) is 10.5. The van der Waals surface area contributed by atoms with Gasteiger partial charge in [-0.2, -0.15) is 0 Å². The van der Waals surface area contributed by atoms with Gasteiger partial charge >= 0.3 is 6.36 Å². The highest BCUT2D eigenvalue weighted by Crippen LogP contribution is 2.26. The monoisotopic (exact) mass is 260 g/mol. The van der Waals surface area contributed by atoms with E-state index in [2.05, 4.69) is 4.74 Å². The zero-order chi connectivity index (χ0) is 13.8. The van der Waals surface area contributed by atoms with Crippen molar-refractivity contribution in [2.75, 3.05) is 5.73 Å². The van der Waals surface area contributed by atoms with Crippen molar-refractivity contribution in [3.8, 4) is 5.75 Å². The van der Waals surface area contributed by atoms with Crippen molar-refractivity contribution in [2.45, 2.75) is 12.8 Å². The Bertz CT molecular complexity index is 470. The van der Waals surface area contributed by atoms with Crippen LogP contribution in [-0.2, 0) is 4.79 Å². The van der Waals surface area contributed by atoms with Crippen LogP contribution in [0.2, 0.25) is 0 Å². The van der Waals surface area contributed by atoms with E-state index in [1.807, 2.05) is 0 Å². The summed E-state index contributed by atoms with van der Waals surface area (Å²) in [7, 11) is 0. The third-order valence-electron chi connectivity index (χ3n) is 1.91. The van der Waals surface area contributed by atoms with Crippen LogP contribution in [0, 0.1) is 0 Å². The van der Waals surface area contributed by atoms with Crippen molar-refractivity contribution >= 4 is 17.7 Å². The van der Waals surface area contributed by atoms with E-state index in [0.717, 1.165) is 12.1 Å². The highest BCUT2D eigenvalue weighted by Gasteiger charge is 2.31. The van der Waals surface area contributed by atoms with Crippen LogP contribution in [0.4, 0.5) is 18.9 Å². The number of rotatable bonds is 4. The van der Waals surface area contributed by atoms with Crippen LogP contribution >= 0.6 is 0 Å². The summed E-state index contributed by atoms with van der Waals surface area (Å²) in [6, 6.07) is 3.51. The van der Waals surface area contributed by atoms with Gasteiger partial charge in [0.05, 0.1) is 0 Å². The number of primary amides is 1. The summed E-state index contributed by atoms with van der Waals surface area (Å²) in [5.74, 6) is -0.928. The van der Waals surface area contributed by atoms with Crippen molar-refractivity contribution in [1.82, 2.24) is 0 Å². The second-order valence-corrected chi connectivity index (χ2v) is 3.41. The van der Waals surface area contributed by atoms with Crippen LogP contribution in [0.1, 0.15) is 12.0 Å². The minimum absolute atomic E-state index is 0.0240. The maximum atomic E-state index is 12.0. The molecule has 0 bridgehead atoms. The summed E-state index contributed by atoms with van der Waals surface area (Å²) >= 11 is 0. The number of alkyl halides is 3. The van der Waals surface area contributed by atoms with E-state index in [4.69, 9.17) is 11.5 Å². The second kappa shape index (κ2) is 5.44. The van der Waals surface area contributed by atoms with E-state index < -0.39 is 12.3 Å². The molecule has 1 aromatic rings. The number of carbonyl (C=O) groups excluding carboxylic acids is 1. The van der Waals surface area contributed by atoms with Crippen molar-refractivity contribution < 1.29 is 22.7 Å². The molecule has 18 heavy (non-hydrogen) atoms. The topological polar surface area (TPSA) is 78.3 Å². The zero-order valence-corrected chi connectivity index (χ0v) is 9.20. The van der Waals surface area contributed by atoms with Crippen molar-refractivity contribution in [2.24, 2.45) is 5.73 Å². The van der Waals surface area contributed by atoms with Crippen LogP contribution in [0.5, 0.6) is 5.75 Å². The Morgan fingerprint density at radius 3 is 2.61 bits per heavy atom. The molecule has 0 heterocycles. The molecule has 1 aromatic carbocycles. The Morgan fingerprint density at radius 1 is 1.39 bits per heavy atom. The number of nitrogens with two attached hydrogens (primary N) is 2. The fourth-order valence-corrected chi connectivity index (χ4v) is 1.20. The largest absolute Gasteiger partial charge is 0.573 e. The third-order valence-corrected chi connectivity index (χ3v) is 1.91. The fraction of sp³-hybridized carbons (Fsp3) is 0.182. The number of halogens is 3. The molecule has 4 nitrogen and oxygen atoms in total. The van der Waals surface area contributed by atoms with Gasteiger partial charge in [-0.1, -0.05) is 12.2 Å². The second-order valence-electron chi connectivity index (χ2n) is 3.41. The molecule has 1 amide bonds. The molecule has 0 fully saturated rings. The predicted octanol–water partition coefficient (Wildman–Crippen LogP) is 2.06. The maximum Gasteiger partial charge on any atom is 0.573 e. The van der Waals surface area contributed by atoms with Gasteiger partial charge in [0, 0.05) is 17.7 Å². The zero-order valence-electron chi connectivity index (χ0n) is 9.20. The van der Waals surface area contributed by atoms with Gasteiger partial charge in [-0.3, -0.25) is 4.79 Å². The molecule has 0 saturated heterocycles. The molecule has 98 valence electrons. The normalized spacial score (nSPS) is 11.7. The van der Waals surface area contributed by atoms with Crippen molar-refractivity contribution in [3.63, 3.8) is 0 Å². The number of hydrogen-bond acceptors (Lipinski definition) is 3. The molecule has 0 aliphatic carbocycles. The molecule has 4 N–H and O–H groups in total. The van der Waals surface area contributed by atoms with Crippen LogP contribution in [0.3, 0.4) is 0 Å². The summed E-state index contributed by atoms with van der Waals surface area (Å²) in [6.45, 7) is 0. The van der Waals surface area contributed by atoms with Gasteiger partial charge in [0.25, 0.3) is 0 Å². The van der Waals surface area contributed by atoms with Gasteiger partial charge in [0.15, 0.2) is 0 Å². The molecule has 0 aliphatic heterocycles. The molecule has 1 rings (SSSR count). The number of nitrogen functional groups attached to an aromatic ring is 1. The minimum atomic E-state index is -4.76. The summed E-state index contributed by atoms with van der Waals surface area (Å²) < 4.78 is 39.7. The molecule has 0 saturated carbocycles. The predicted molar refractivity (Wildman–Crippen MR) is 60.4 cm³/mol. The van der Waals surface area contributed by atoms with Gasteiger partial charge in [0.1, 0.15) is 5.75 Å². The van der Waals surface area contributed by atoms with E-state index in [-0.39, 0.29) is 17.9 Å². The Balaban J connectivity index is 2.88. The van der Waals surface area contributed by atoms with Gasteiger partial charge in [-0.05, 0) is 18.2 Å². The Kier molecular flexibility index (Phi) is 4.19. The average Bonchev–Trinajstić information content (AvgIpc) is 2.20. The lowest BCUT2D eigenvalue weighted by molar-refractivity contribution is -0.274. The molecule has 0 atom stereocenters. The molecule has 0 aliphatic rings. The van der Waals surface area contributed by atoms with Crippen LogP contribution in [0.15, 0.2) is 24.3 Å². The van der Waals surface area contributed by atoms with E-state index in [1.165, 1.54) is 18.2 Å². The number of hydrogen-bond donors (Lipinski definition) is 2. The van der Waals surface area contributed by atoms with Crippen LogP contribution < -0.4 is 16.2 Å². The van der Waals surface area contributed by atoms with Gasteiger partial charge in [-0.25, -0.2) is 0 Å². The van der Waals surface area contributed by atoms with E-state index in [1.54, 1.807) is 0 Å². The van der Waals surface area contributed by atoms with E-state index >= 15 is 0 Å². The highest BCUT2D eigenvalue weighted by atomic mass is 19.4. The standard InChI is InChI=1S/C11H11F3N2O2/c12-11(13,14)18-8-4-5-9(15)7(6-8)2-1-3-10(16)17/h1-2,4-6H,3,15H2,(H2,16,17). The Hall–Kier alpha value is -2.18. The van der Waals surface area contributed by atoms with Gasteiger partial charge in [0.2, 0.25) is 5.91 Å². The first-order valence-corrected chi connectivity index (χ1v) is 4.88. The first-order valence-electron chi connectivity index (χ1n) is 4.88. The number of carbonyl (C=O) groups is 1. The van der Waals surface area contributed by atoms with E-state index in [9.17, 15) is 18.0 Å². The lowest BCUT2D eigenvalue weighted by atomic mass is 10.1. The number of ether oxygens (including phenoxy) is 1. The van der Waals surface area contributed by atoms with E-state index in [0.29, 0.717) is 5.56 Å².